The number of esters is 1. The number of aliphatic hydroxyl groups is 6. The molecule has 4 aliphatic carbocycles. The molecule has 49 heavy (non-hydrogen) atoms. The van der Waals surface area contributed by atoms with Gasteiger partial charge in [-0.15, -0.1) is 0 Å². The van der Waals surface area contributed by atoms with Crippen molar-refractivity contribution in [1.82, 2.24) is 0 Å². The number of carbonyl (C=O) groups is 2. The summed E-state index contributed by atoms with van der Waals surface area (Å²) in [6.07, 6.45) is -5.53. The number of hydrogen-bond acceptors (Lipinski definition) is 13. The number of carboxylic acids is 1. The first-order chi connectivity index (χ1) is 23.0. The van der Waals surface area contributed by atoms with E-state index < -0.39 is 95.3 Å². The van der Waals surface area contributed by atoms with Gasteiger partial charge in [-0.1, -0.05) is 6.92 Å². The first-order valence-electron chi connectivity index (χ1n) is 17.9. The summed E-state index contributed by atoms with van der Waals surface area (Å²) in [4.78, 5) is 25.2. The van der Waals surface area contributed by atoms with E-state index in [1.54, 1.807) is 13.0 Å². The molecular formula is C35H52O14. The lowest BCUT2D eigenvalue weighted by Crippen LogP contribution is -2.70. The maximum Gasteiger partial charge on any atom is 0.331 e. The number of ether oxygens (including phenoxy) is 5. The van der Waals surface area contributed by atoms with Crippen LogP contribution in [0.15, 0.2) is 11.6 Å². The molecule has 0 aromatic heterocycles. The second kappa shape index (κ2) is 12.5. The molecule has 14 nitrogen and oxygen atoms in total. The zero-order valence-electron chi connectivity index (χ0n) is 28.3. The minimum atomic E-state index is -1.58. The molecule has 3 aliphatic heterocycles. The van der Waals surface area contributed by atoms with Gasteiger partial charge in [-0.25, -0.2) is 4.79 Å². The Kier molecular flexibility index (Phi) is 9.07. The second-order valence-electron chi connectivity index (χ2n) is 16.2. The predicted molar refractivity (Wildman–Crippen MR) is 166 cm³/mol. The lowest BCUT2D eigenvalue weighted by atomic mass is 9.41. The van der Waals surface area contributed by atoms with E-state index in [0.29, 0.717) is 38.5 Å². The highest BCUT2D eigenvalue weighted by molar-refractivity contribution is 5.85. The van der Waals surface area contributed by atoms with Crippen molar-refractivity contribution >= 4 is 11.9 Å². The summed E-state index contributed by atoms with van der Waals surface area (Å²) in [7, 11) is 0. The monoisotopic (exact) mass is 696 g/mol. The molecule has 0 radical (unpaired) electrons. The Bertz CT molecular complexity index is 1330. The first kappa shape index (κ1) is 35.7. The molecule has 2 saturated heterocycles. The van der Waals surface area contributed by atoms with Crippen LogP contribution in [-0.4, -0.2) is 127 Å². The molecule has 7 rings (SSSR count). The Morgan fingerprint density at radius 3 is 2.29 bits per heavy atom. The SMILES string of the molecule is C[C@@H]1O[C@@H](O[C@H]2[C@@H](O)C[C@H](O[C@H]3CC[C@]4(C(=O)O)C5CC[C@]6(C)[C@@H](C7=CC(=O)OC7)CC[C@]6(O)C5CC[C@]4(O)C3)O[C@@H]2C)[C@H](O)[C@H](O)[C@H]1O. The summed E-state index contributed by atoms with van der Waals surface area (Å²) in [5.74, 6) is -2.22. The highest BCUT2D eigenvalue weighted by atomic mass is 16.7. The summed E-state index contributed by atoms with van der Waals surface area (Å²) >= 11 is 0. The molecule has 14 heteroatoms. The van der Waals surface area contributed by atoms with E-state index >= 15 is 0 Å². The molecule has 7 aliphatic rings. The van der Waals surface area contributed by atoms with Crippen LogP contribution < -0.4 is 0 Å². The fourth-order valence-corrected chi connectivity index (χ4v) is 11.4. The molecule has 0 aromatic rings. The smallest absolute Gasteiger partial charge is 0.331 e. The third-order valence-electron chi connectivity index (χ3n) is 14.0. The molecule has 3 heterocycles. The van der Waals surface area contributed by atoms with Crippen LogP contribution in [0.1, 0.15) is 85.0 Å². The van der Waals surface area contributed by atoms with E-state index in [2.05, 4.69) is 6.92 Å². The Hall–Kier alpha value is -1.72. The number of hydrogen-bond donors (Lipinski definition) is 7. The molecule has 0 amide bonds. The zero-order chi connectivity index (χ0) is 35.3. The summed E-state index contributed by atoms with van der Waals surface area (Å²) in [6.45, 7) is 5.50. The quantitative estimate of drug-likeness (QED) is 0.149. The Morgan fingerprint density at radius 1 is 0.878 bits per heavy atom. The van der Waals surface area contributed by atoms with Gasteiger partial charge in [0.2, 0.25) is 0 Å². The highest BCUT2D eigenvalue weighted by Gasteiger charge is 2.73. The van der Waals surface area contributed by atoms with Crippen molar-refractivity contribution < 1.29 is 69.0 Å². The first-order valence-corrected chi connectivity index (χ1v) is 17.9. The average molecular weight is 697 g/mol. The molecule has 6 fully saturated rings. The molecular weight excluding hydrogens is 644 g/mol. The average Bonchev–Trinajstić information content (AvgIpc) is 3.58. The van der Waals surface area contributed by atoms with Crippen molar-refractivity contribution in [3.63, 3.8) is 0 Å². The lowest BCUT2D eigenvalue weighted by molar-refractivity contribution is -0.342. The van der Waals surface area contributed by atoms with Gasteiger partial charge in [0.15, 0.2) is 12.6 Å². The third kappa shape index (κ3) is 5.35. The summed E-state index contributed by atoms with van der Waals surface area (Å²) in [5, 5.41) is 77.2. The normalized spacial score (nSPS) is 54.3. The second-order valence-corrected chi connectivity index (χ2v) is 16.2. The van der Waals surface area contributed by atoms with Gasteiger partial charge in [-0.2, -0.15) is 0 Å². The van der Waals surface area contributed by atoms with Gasteiger partial charge in [0, 0.05) is 24.3 Å². The van der Waals surface area contributed by atoms with E-state index in [9.17, 15) is 45.3 Å². The molecule has 0 bridgehead atoms. The molecule has 17 atom stereocenters. The van der Waals surface area contributed by atoms with Crippen LogP contribution in [0.3, 0.4) is 0 Å². The van der Waals surface area contributed by atoms with Crippen LogP contribution in [0.25, 0.3) is 0 Å². The number of rotatable bonds is 6. The molecule has 0 spiro atoms. The molecule has 2 unspecified atom stereocenters. The van der Waals surface area contributed by atoms with Crippen LogP contribution in [0.4, 0.5) is 0 Å². The van der Waals surface area contributed by atoms with Gasteiger partial charge in [0.05, 0.1) is 41.0 Å². The molecule has 0 aromatic carbocycles. The van der Waals surface area contributed by atoms with Crippen molar-refractivity contribution in [2.75, 3.05) is 6.61 Å². The van der Waals surface area contributed by atoms with Crippen molar-refractivity contribution in [3.8, 4) is 0 Å². The summed E-state index contributed by atoms with van der Waals surface area (Å²) in [6, 6.07) is 0. The van der Waals surface area contributed by atoms with Crippen molar-refractivity contribution in [1.29, 1.82) is 0 Å². The minimum Gasteiger partial charge on any atom is -0.481 e. The van der Waals surface area contributed by atoms with Gasteiger partial charge < -0.3 is 59.4 Å². The van der Waals surface area contributed by atoms with E-state index in [-0.39, 0.29) is 50.1 Å². The van der Waals surface area contributed by atoms with Crippen LogP contribution in [0.2, 0.25) is 0 Å². The molecule has 7 N–H and O–H groups in total. The standard InChI is InChI=1S/C35H52O14/c1-16-26(38)27(39)28(40)30(47-16)49-29-17(2)46-25(13-23(29)36)48-19-4-10-34(31(41)42)21-5-8-32(3)20(18-12-24(37)45-15-18)7-11-35(32,44)22(21)6-9-33(34,43)14-19/h12,16-17,19-23,25-30,36,38-40,43-44H,4-11,13-15H2,1-3H3,(H,41,42)/t16-,17+,19-,20+,21?,22?,23-,25-,26-,27+,28+,29+,30-,32+,33-,34+,35-/m0/s1. The van der Waals surface area contributed by atoms with Crippen LogP contribution >= 0.6 is 0 Å². The number of fused-ring (bicyclic) bond motifs is 5. The van der Waals surface area contributed by atoms with Gasteiger partial charge in [0.1, 0.15) is 31.0 Å². The van der Waals surface area contributed by atoms with Crippen molar-refractivity contribution in [2.45, 2.75) is 158 Å². The molecule has 4 saturated carbocycles. The largest absolute Gasteiger partial charge is 0.481 e. The van der Waals surface area contributed by atoms with Crippen molar-refractivity contribution in [3.05, 3.63) is 11.6 Å². The fraction of sp³-hybridized carbons (Fsp3) is 0.886. The zero-order valence-corrected chi connectivity index (χ0v) is 28.3. The summed E-state index contributed by atoms with van der Waals surface area (Å²) in [5.41, 5.74) is -3.83. The van der Waals surface area contributed by atoms with E-state index in [1.807, 2.05) is 0 Å². The number of aliphatic hydroxyl groups excluding tert-OH is 4. The Morgan fingerprint density at radius 2 is 1.61 bits per heavy atom. The van der Waals surface area contributed by atoms with Crippen LogP contribution in [0.5, 0.6) is 0 Å². The van der Waals surface area contributed by atoms with E-state index in [0.717, 1.165) is 5.57 Å². The topological polar surface area (TPSA) is 222 Å². The van der Waals surface area contributed by atoms with Crippen molar-refractivity contribution in [2.24, 2.45) is 28.6 Å². The highest BCUT2D eigenvalue weighted by Crippen LogP contribution is 2.71. The summed E-state index contributed by atoms with van der Waals surface area (Å²) < 4.78 is 28.9. The number of cyclic esters (lactones) is 1. The maximum atomic E-state index is 13.3. The predicted octanol–water partition coefficient (Wildman–Crippen LogP) is 0.517. The minimum absolute atomic E-state index is 0.00209. The van der Waals surface area contributed by atoms with Gasteiger partial charge in [-0.05, 0) is 88.5 Å². The van der Waals surface area contributed by atoms with Gasteiger partial charge in [-0.3, -0.25) is 4.79 Å². The Balaban J connectivity index is 1.03. The maximum absolute atomic E-state index is 13.3. The fourth-order valence-electron chi connectivity index (χ4n) is 11.4. The lowest BCUT2D eigenvalue weighted by Gasteiger charge is -2.65. The van der Waals surface area contributed by atoms with Gasteiger partial charge in [0.25, 0.3) is 0 Å². The third-order valence-corrected chi connectivity index (χ3v) is 14.0. The Labute approximate surface area is 285 Å². The number of carboxylic acid groups (broad SMARTS) is 1. The number of carbonyl (C=O) groups excluding carboxylic acids is 1. The van der Waals surface area contributed by atoms with E-state index in [4.69, 9.17) is 23.7 Å². The van der Waals surface area contributed by atoms with Crippen LogP contribution in [-0.2, 0) is 33.3 Å². The van der Waals surface area contributed by atoms with Crippen LogP contribution in [0, 0.1) is 28.6 Å². The van der Waals surface area contributed by atoms with Gasteiger partial charge >= 0.3 is 11.9 Å². The number of aliphatic carboxylic acids is 1. The molecule has 276 valence electrons. The van der Waals surface area contributed by atoms with E-state index in [1.165, 1.54) is 6.92 Å².